The molecule has 1 aliphatic heterocycles. The number of hydrogen-bond donors (Lipinski definition) is 3. The molecule has 0 aliphatic carbocycles. The van der Waals surface area contributed by atoms with E-state index in [9.17, 15) is 14.4 Å². The van der Waals surface area contributed by atoms with Gasteiger partial charge in [0, 0.05) is 11.6 Å². The summed E-state index contributed by atoms with van der Waals surface area (Å²) in [5, 5.41) is 15.1. The lowest BCUT2D eigenvalue weighted by atomic mass is 9.96. The minimum absolute atomic E-state index is 0.0194. The van der Waals surface area contributed by atoms with Crippen LogP contribution in [0.3, 0.4) is 0 Å². The molecule has 3 N–H and O–H groups in total. The van der Waals surface area contributed by atoms with E-state index in [0.29, 0.717) is 6.04 Å². The predicted octanol–water partition coefficient (Wildman–Crippen LogP) is 2.95. The Balaban J connectivity index is 2.94. The molecule has 0 aromatic rings. The normalized spacial score (nSPS) is 21.2. The molecule has 2 amide bonds. The van der Waals surface area contributed by atoms with E-state index >= 15 is 0 Å². The average Bonchev–Trinajstić information content (AvgIpc) is 2.69. The van der Waals surface area contributed by atoms with Gasteiger partial charge in [-0.1, -0.05) is 47.1 Å². The summed E-state index contributed by atoms with van der Waals surface area (Å²) in [5.41, 5.74) is 0.186. The summed E-state index contributed by atoms with van der Waals surface area (Å²) in [6.07, 6.45) is 5.45. The highest BCUT2D eigenvalue weighted by molar-refractivity contribution is 5.90. The second-order valence-corrected chi connectivity index (χ2v) is 9.17. The van der Waals surface area contributed by atoms with Gasteiger partial charge in [0.1, 0.15) is 6.04 Å². The first-order chi connectivity index (χ1) is 14.0. The molecule has 0 radical (unpaired) electrons. The van der Waals surface area contributed by atoms with Crippen molar-refractivity contribution in [3.8, 4) is 0 Å². The molecule has 0 saturated carbocycles. The van der Waals surface area contributed by atoms with Crippen molar-refractivity contribution < 1.29 is 19.5 Å². The van der Waals surface area contributed by atoms with Crippen LogP contribution in [-0.2, 0) is 14.4 Å². The molecular weight excluding hydrogens is 382 g/mol. The number of aliphatic carboxylic acids is 1. The van der Waals surface area contributed by atoms with Gasteiger partial charge in [-0.3, -0.25) is 14.5 Å². The van der Waals surface area contributed by atoms with Crippen LogP contribution >= 0.6 is 0 Å². The lowest BCUT2D eigenvalue weighted by Gasteiger charge is -2.39. The number of rotatable bonds is 10. The molecule has 172 valence electrons. The van der Waals surface area contributed by atoms with E-state index in [4.69, 9.17) is 5.11 Å². The van der Waals surface area contributed by atoms with Crippen LogP contribution in [0.1, 0.15) is 74.1 Å². The monoisotopic (exact) mass is 423 g/mol. The highest BCUT2D eigenvalue weighted by atomic mass is 16.4. The number of nitrogens with one attached hydrogen (secondary N) is 2. The molecule has 7 heteroatoms. The second kappa shape index (κ2) is 12.1. The van der Waals surface area contributed by atoms with Crippen molar-refractivity contribution in [2.24, 2.45) is 11.8 Å². The summed E-state index contributed by atoms with van der Waals surface area (Å²) < 4.78 is 0. The number of carbonyl (C=O) groups is 3. The van der Waals surface area contributed by atoms with Crippen molar-refractivity contribution >= 4 is 17.8 Å². The van der Waals surface area contributed by atoms with E-state index in [1.165, 1.54) is 6.92 Å². The van der Waals surface area contributed by atoms with Gasteiger partial charge in [0.2, 0.25) is 11.8 Å². The molecule has 0 bridgehead atoms. The zero-order valence-corrected chi connectivity index (χ0v) is 19.7. The molecule has 1 aliphatic rings. The molecule has 2 unspecified atom stereocenters. The molecule has 30 heavy (non-hydrogen) atoms. The zero-order chi connectivity index (χ0) is 23.0. The van der Waals surface area contributed by atoms with Gasteiger partial charge in [-0.2, -0.15) is 0 Å². The Morgan fingerprint density at radius 1 is 1.07 bits per heavy atom. The number of piperidine rings is 1. The molecule has 1 fully saturated rings. The van der Waals surface area contributed by atoms with Crippen molar-refractivity contribution in [2.45, 2.75) is 98.3 Å². The summed E-state index contributed by atoms with van der Waals surface area (Å²) >= 11 is 0. The lowest BCUT2D eigenvalue weighted by Crippen LogP contribution is -2.58. The van der Waals surface area contributed by atoms with Crippen LogP contribution in [-0.4, -0.2) is 58.5 Å². The van der Waals surface area contributed by atoms with Gasteiger partial charge < -0.3 is 15.7 Å². The first-order valence-electron chi connectivity index (χ1n) is 11.3. The number of carbonyl (C=O) groups excluding carboxylic acids is 2. The number of amides is 2. The molecule has 1 rings (SSSR count). The highest BCUT2D eigenvalue weighted by Crippen LogP contribution is 2.21. The number of carboxylic acid groups (broad SMARTS) is 1. The number of hydrogen-bond acceptors (Lipinski definition) is 4. The fourth-order valence-corrected chi connectivity index (χ4v) is 3.78. The van der Waals surface area contributed by atoms with Crippen LogP contribution in [0.4, 0.5) is 0 Å². The molecule has 0 aromatic heterocycles. The Labute approximate surface area is 181 Å². The smallest absolute Gasteiger partial charge is 0.331 e. The number of carboxylic acids is 1. The largest absolute Gasteiger partial charge is 0.478 e. The summed E-state index contributed by atoms with van der Waals surface area (Å²) in [7, 11) is 0. The first-order valence-corrected chi connectivity index (χ1v) is 11.3. The molecule has 0 aromatic carbocycles. The van der Waals surface area contributed by atoms with Gasteiger partial charge in [-0.05, 0) is 51.5 Å². The Hall–Kier alpha value is -1.89. The van der Waals surface area contributed by atoms with Crippen LogP contribution in [0.2, 0.25) is 0 Å². The molecular formula is C23H41N3O4. The van der Waals surface area contributed by atoms with E-state index in [1.807, 2.05) is 27.7 Å². The standard InChI is InChI=1S/C23H41N3O4/c1-8-17(7)26-12-10-9-11-19(26)21(27)25-20(15(4)5)22(28)24-18(14(2)3)13-16(6)23(29)30/h13-15,17-20H,8-12H2,1-7H3,(H,24,28)(H,25,27)(H,29,30)/b16-13+/t17?,18-,19-,20?/m1/s1. The zero-order valence-electron chi connectivity index (χ0n) is 19.7. The Bertz CT molecular complexity index is 630. The van der Waals surface area contributed by atoms with Crippen LogP contribution in [0.25, 0.3) is 0 Å². The third-order valence-electron chi connectivity index (χ3n) is 6.04. The number of nitrogens with zero attached hydrogens (tertiary/aromatic N) is 1. The van der Waals surface area contributed by atoms with Crippen molar-refractivity contribution in [1.29, 1.82) is 0 Å². The molecule has 7 nitrogen and oxygen atoms in total. The Kier molecular flexibility index (Phi) is 10.5. The van der Waals surface area contributed by atoms with E-state index in [-0.39, 0.29) is 35.3 Å². The third-order valence-corrected chi connectivity index (χ3v) is 6.04. The topological polar surface area (TPSA) is 98.7 Å². The summed E-state index contributed by atoms with van der Waals surface area (Å²) in [4.78, 5) is 39.6. The SMILES string of the molecule is CCC(C)N1CCCC[C@@H]1C(=O)NC(C(=O)N[C@H](/C=C(\C)C(=O)O)C(C)C)C(C)C. The fourth-order valence-electron chi connectivity index (χ4n) is 3.78. The van der Waals surface area contributed by atoms with E-state index < -0.39 is 18.1 Å². The van der Waals surface area contributed by atoms with Crippen molar-refractivity contribution in [1.82, 2.24) is 15.5 Å². The first kappa shape index (κ1) is 26.1. The van der Waals surface area contributed by atoms with Crippen LogP contribution < -0.4 is 10.6 Å². The molecule has 4 atom stereocenters. The maximum Gasteiger partial charge on any atom is 0.331 e. The van der Waals surface area contributed by atoms with Gasteiger partial charge in [0.25, 0.3) is 0 Å². The van der Waals surface area contributed by atoms with Gasteiger partial charge in [0.05, 0.1) is 12.1 Å². The van der Waals surface area contributed by atoms with Crippen LogP contribution in [0, 0.1) is 11.8 Å². The summed E-state index contributed by atoms with van der Waals surface area (Å²) in [6.45, 7) is 14.3. The van der Waals surface area contributed by atoms with E-state index in [2.05, 4.69) is 29.4 Å². The number of likely N-dealkylation sites (tertiary alicyclic amines) is 1. The van der Waals surface area contributed by atoms with Crippen molar-refractivity contribution in [3.05, 3.63) is 11.6 Å². The Morgan fingerprint density at radius 2 is 1.70 bits per heavy atom. The predicted molar refractivity (Wildman–Crippen MR) is 119 cm³/mol. The van der Waals surface area contributed by atoms with Gasteiger partial charge in [-0.25, -0.2) is 4.79 Å². The fraction of sp³-hybridized carbons (Fsp3) is 0.783. The maximum atomic E-state index is 13.1. The Morgan fingerprint density at radius 3 is 2.20 bits per heavy atom. The maximum absolute atomic E-state index is 13.1. The minimum Gasteiger partial charge on any atom is -0.478 e. The summed E-state index contributed by atoms with van der Waals surface area (Å²) in [6, 6.07) is -0.976. The van der Waals surface area contributed by atoms with E-state index in [0.717, 1.165) is 32.2 Å². The minimum atomic E-state index is -1.01. The van der Waals surface area contributed by atoms with Crippen molar-refractivity contribution in [2.75, 3.05) is 6.54 Å². The van der Waals surface area contributed by atoms with Gasteiger partial charge in [-0.15, -0.1) is 0 Å². The quantitative estimate of drug-likeness (QED) is 0.469. The summed E-state index contributed by atoms with van der Waals surface area (Å²) in [5.74, 6) is -1.46. The van der Waals surface area contributed by atoms with Gasteiger partial charge in [0.15, 0.2) is 0 Å². The molecule has 1 saturated heterocycles. The lowest BCUT2D eigenvalue weighted by molar-refractivity contribution is -0.134. The second-order valence-electron chi connectivity index (χ2n) is 9.17. The van der Waals surface area contributed by atoms with Crippen LogP contribution in [0.15, 0.2) is 11.6 Å². The average molecular weight is 424 g/mol. The molecule has 0 spiro atoms. The van der Waals surface area contributed by atoms with Crippen molar-refractivity contribution in [3.63, 3.8) is 0 Å². The van der Waals surface area contributed by atoms with Crippen LogP contribution in [0.5, 0.6) is 0 Å². The molecule has 1 heterocycles. The van der Waals surface area contributed by atoms with Gasteiger partial charge >= 0.3 is 5.97 Å². The highest BCUT2D eigenvalue weighted by Gasteiger charge is 2.34. The van der Waals surface area contributed by atoms with E-state index in [1.54, 1.807) is 6.08 Å². The third kappa shape index (κ3) is 7.42.